The molecule has 0 bridgehead atoms. The van der Waals surface area contributed by atoms with Crippen molar-refractivity contribution in [3.63, 3.8) is 0 Å². The fraction of sp³-hybridized carbons (Fsp3) is 0.261. The van der Waals surface area contributed by atoms with Crippen LogP contribution in [0.1, 0.15) is 38.4 Å². The zero-order valence-electron chi connectivity index (χ0n) is 17.9. The highest BCUT2D eigenvalue weighted by molar-refractivity contribution is 7.89. The van der Waals surface area contributed by atoms with E-state index in [4.69, 9.17) is 16.7 Å². The van der Waals surface area contributed by atoms with Gasteiger partial charge in [0.15, 0.2) is 0 Å². The molecule has 1 aromatic heterocycles. The molecule has 0 spiro atoms. The van der Waals surface area contributed by atoms with Gasteiger partial charge in [-0.15, -0.1) is 0 Å². The van der Waals surface area contributed by atoms with Gasteiger partial charge in [-0.1, -0.05) is 35.9 Å². The van der Waals surface area contributed by atoms with Gasteiger partial charge in [0.2, 0.25) is 10.0 Å². The van der Waals surface area contributed by atoms with Crippen LogP contribution in [0.25, 0.3) is 0 Å². The molecule has 0 radical (unpaired) electrons. The number of aromatic carboxylic acids is 1. The number of primary sulfonamides is 1. The SMILES string of the molecule is Cc1c(CNCCc2ccc(S(N)(=O)=O)cc2)c(C(=O)O)c(C)n1Cc1ccc(Cl)cc1. The summed E-state index contributed by atoms with van der Waals surface area (Å²) >= 11 is 5.97. The second kappa shape index (κ2) is 9.87. The van der Waals surface area contributed by atoms with Crippen LogP contribution in [0.15, 0.2) is 53.4 Å². The third-order valence-electron chi connectivity index (χ3n) is 5.52. The van der Waals surface area contributed by atoms with Crippen molar-refractivity contribution in [1.29, 1.82) is 0 Å². The molecule has 0 fully saturated rings. The van der Waals surface area contributed by atoms with Crippen molar-refractivity contribution in [2.75, 3.05) is 6.54 Å². The molecule has 7 nitrogen and oxygen atoms in total. The molecule has 0 aliphatic rings. The second-order valence-corrected chi connectivity index (χ2v) is 9.66. The summed E-state index contributed by atoms with van der Waals surface area (Å²) in [5, 5.41) is 18.9. The van der Waals surface area contributed by atoms with Crippen LogP contribution in [0.2, 0.25) is 5.02 Å². The van der Waals surface area contributed by atoms with Crippen LogP contribution >= 0.6 is 11.6 Å². The number of hydrogen-bond donors (Lipinski definition) is 3. The number of aromatic nitrogens is 1. The molecule has 0 unspecified atom stereocenters. The van der Waals surface area contributed by atoms with E-state index in [1.165, 1.54) is 12.1 Å². The summed E-state index contributed by atoms with van der Waals surface area (Å²) in [6.45, 7) is 5.33. The minimum absolute atomic E-state index is 0.0773. The van der Waals surface area contributed by atoms with E-state index in [1.54, 1.807) is 12.1 Å². The van der Waals surface area contributed by atoms with Crippen molar-refractivity contribution < 1.29 is 18.3 Å². The lowest BCUT2D eigenvalue weighted by Crippen LogP contribution is -2.19. The standard InChI is InChI=1S/C23H26ClN3O4S/c1-15-21(13-26-12-11-17-5-9-20(10-6-17)32(25,30)31)22(23(28)29)16(2)27(15)14-18-3-7-19(24)8-4-18/h3-10,26H,11-14H2,1-2H3,(H,28,29)(H2,25,30,31). The van der Waals surface area contributed by atoms with Crippen LogP contribution in [0, 0.1) is 13.8 Å². The summed E-state index contributed by atoms with van der Waals surface area (Å²) in [7, 11) is -3.71. The second-order valence-electron chi connectivity index (χ2n) is 7.66. The van der Waals surface area contributed by atoms with E-state index in [0.29, 0.717) is 42.3 Å². The average Bonchev–Trinajstić information content (AvgIpc) is 2.96. The number of sulfonamides is 1. The van der Waals surface area contributed by atoms with Gasteiger partial charge < -0.3 is 15.0 Å². The van der Waals surface area contributed by atoms with E-state index in [9.17, 15) is 18.3 Å². The topological polar surface area (TPSA) is 114 Å². The number of hydrogen-bond acceptors (Lipinski definition) is 4. The van der Waals surface area contributed by atoms with Gasteiger partial charge in [0.1, 0.15) is 0 Å². The highest BCUT2D eigenvalue weighted by Crippen LogP contribution is 2.24. The van der Waals surface area contributed by atoms with E-state index in [2.05, 4.69) is 5.32 Å². The Morgan fingerprint density at radius 3 is 2.19 bits per heavy atom. The molecular weight excluding hydrogens is 450 g/mol. The Hall–Kier alpha value is -2.65. The van der Waals surface area contributed by atoms with E-state index < -0.39 is 16.0 Å². The van der Waals surface area contributed by atoms with Gasteiger partial charge in [-0.05, 0) is 62.2 Å². The Morgan fingerprint density at radius 2 is 1.62 bits per heavy atom. The molecule has 0 aliphatic carbocycles. The quantitative estimate of drug-likeness (QED) is 0.410. The summed E-state index contributed by atoms with van der Waals surface area (Å²) in [5.74, 6) is -0.948. The first-order valence-corrected chi connectivity index (χ1v) is 12.0. The highest BCUT2D eigenvalue weighted by Gasteiger charge is 2.22. The Balaban J connectivity index is 1.70. The van der Waals surface area contributed by atoms with Crippen LogP contribution in [-0.4, -0.2) is 30.6 Å². The lowest BCUT2D eigenvalue weighted by atomic mass is 10.1. The van der Waals surface area contributed by atoms with Crippen LogP contribution < -0.4 is 10.5 Å². The average molecular weight is 476 g/mol. The molecule has 0 saturated heterocycles. The van der Waals surface area contributed by atoms with Crippen LogP contribution in [-0.2, 0) is 29.5 Å². The number of carboxylic acids is 1. The largest absolute Gasteiger partial charge is 0.478 e. The smallest absolute Gasteiger partial charge is 0.337 e. The number of carboxylic acid groups (broad SMARTS) is 1. The van der Waals surface area contributed by atoms with Gasteiger partial charge in [-0.3, -0.25) is 0 Å². The normalized spacial score (nSPS) is 11.6. The fourth-order valence-electron chi connectivity index (χ4n) is 3.75. The lowest BCUT2D eigenvalue weighted by molar-refractivity contribution is 0.0694. The molecule has 4 N–H and O–H groups in total. The molecule has 170 valence electrons. The minimum Gasteiger partial charge on any atom is -0.478 e. The Labute approximate surface area is 192 Å². The van der Waals surface area contributed by atoms with E-state index in [-0.39, 0.29) is 4.90 Å². The molecule has 3 rings (SSSR count). The number of rotatable bonds is 9. The summed E-state index contributed by atoms with van der Waals surface area (Å²) in [4.78, 5) is 12.0. The van der Waals surface area contributed by atoms with Crippen LogP contribution in [0.3, 0.4) is 0 Å². The number of carbonyl (C=O) groups is 1. The van der Waals surface area contributed by atoms with Crippen molar-refractivity contribution in [3.05, 3.63) is 87.2 Å². The van der Waals surface area contributed by atoms with E-state index >= 15 is 0 Å². The van der Waals surface area contributed by atoms with Gasteiger partial charge >= 0.3 is 5.97 Å². The molecule has 0 atom stereocenters. The van der Waals surface area contributed by atoms with Crippen molar-refractivity contribution in [2.45, 2.75) is 38.3 Å². The minimum atomic E-state index is -3.71. The van der Waals surface area contributed by atoms with Crippen molar-refractivity contribution in [2.24, 2.45) is 5.14 Å². The molecule has 0 saturated carbocycles. The number of halogens is 1. The van der Waals surface area contributed by atoms with Crippen molar-refractivity contribution in [3.8, 4) is 0 Å². The maximum atomic E-state index is 12.0. The lowest BCUT2D eigenvalue weighted by Gasteiger charge is -2.10. The van der Waals surface area contributed by atoms with Crippen molar-refractivity contribution in [1.82, 2.24) is 9.88 Å². The van der Waals surface area contributed by atoms with Gasteiger partial charge in [0.05, 0.1) is 10.5 Å². The van der Waals surface area contributed by atoms with Crippen LogP contribution in [0.5, 0.6) is 0 Å². The summed E-state index contributed by atoms with van der Waals surface area (Å²) in [6, 6.07) is 13.9. The Bertz CT molecular complexity index is 1220. The molecule has 0 aliphatic heterocycles. The predicted octanol–water partition coefficient (Wildman–Crippen LogP) is 3.48. The summed E-state index contributed by atoms with van der Waals surface area (Å²) < 4.78 is 24.7. The van der Waals surface area contributed by atoms with Gasteiger partial charge in [0, 0.05) is 35.1 Å². The molecule has 3 aromatic rings. The van der Waals surface area contributed by atoms with E-state index in [1.807, 2.05) is 42.7 Å². The summed E-state index contributed by atoms with van der Waals surface area (Å²) in [6.07, 6.45) is 0.664. The van der Waals surface area contributed by atoms with Crippen LogP contribution in [0.4, 0.5) is 0 Å². The molecule has 2 aromatic carbocycles. The zero-order chi connectivity index (χ0) is 23.5. The number of nitrogens with one attached hydrogen (secondary N) is 1. The third-order valence-corrected chi connectivity index (χ3v) is 6.70. The van der Waals surface area contributed by atoms with Gasteiger partial charge in [-0.2, -0.15) is 0 Å². The van der Waals surface area contributed by atoms with Gasteiger partial charge in [0.25, 0.3) is 0 Å². The predicted molar refractivity (Wildman–Crippen MR) is 125 cm³/mol. The first-order valence-electron chi connectivity index (χ1n) is 10.1. The fourth-order valence-corrected chi connectivity index (χ4v) is 4.39. The molecule has 32 heavy (non-hydrogen) atoms. The highest BCUT2D eigenvalue weighted by atomic mass is 35.5. The first-order chi connectivity index (χ1) is 15.1. The Morgan fingerprint density at radius 1 is 1.03 bits per heavy atom. The van der Waals surface area contributed by atoms with E-state index in [0.717, 1.165) is 22.4 Å². The van der Waals surface area contributed by atoms with Crippen molar-refractivity contribution >= 4 is 27.6 Å². The number of nitrogens with zero attached hydrogens (tertiary/aromatic N) is 1. The Kier molecular flexibility index (Phi) is 7.40. The maximum absolute atomic E-state index is 12.0. The maximum Gasteiger partial charge on any atom is 0.337 e. The number of benzene rings is 2. The molecule has 9 heteroatoms. The van der Waals surface area contributed by atoms with Gasteiger partial charge in [-0.25, -0.2) is 18.4 Å². The molecular formula is C23H26ClN3O4S. The zero-order valence-corrected chi connectivity index (χ0v) is 19.5. The summed E-state index contributed by atoms with van der Waals surface area (Å²) in [5.41, 5.74) is 4.68. The molecule has 1 heterocycles. The third kappa shape index (κ3) is 5.58. The molecule has 0 amide bonds. The first kappa shape index (κ1) is 24.0. The number of nitrogens with two attached hydrogens (primary N) is 1. The monoisotopic (exact) mass is 475 g/mol.